The number of aromatic amines is 6. The van der Waals surface area contributed by atoms with Gasteiger partial charge >= 0.3 is 50.5 Å². The highest BCUT2D eigenvalue weighted by Crippen LogP contribution is 2.62. The molecule has 0 radical (unpaired) electrons. The molecule has 0 aliphatic carbocycles. The molecule has 726 valence electrons. The molecule has 0 aromatic carbocycles. The van der Waals surface area contributed by atoms with Crippen LogP contribution in [0.5, 0.6) is 0 Å². The van der Waals surface area contributed by atoms with Gasteiger partial charge in [0.1, 0.15) is 102 Å². The molecule has 135 heavy (non-hydrogen) atoms. The number of thioether (sulfide) groups is 1. The highest BCUT2D eigenvalue weighted by Gasteiger charge is 2.59. The largest absolute Gasteiger partial charge is 0.472 e. The monoisotopic (exact) mass is 2090 g/mol. The van der Waals surface area contributed by atoms with E-state index in [4.69, 9.17) is 119 Å². The number of aliphatic hydroxyl groups is 4. The third-order valence-electron chi connectivity index (χ3n) is 21.8. The lowest BCUT2D eigenvalue weighted by Gasteiger charge is -2.27. The Morgan fingerprint density at radius 3 is 1.35 bits per heavy atom. The summed E-state index contributed by atoms with van der Waals surface area (Å²) in [7, 11) is -20.3. The fourth-order valence-electron chi connectivity index (χ4n) is 15.8. The zero-order chi connectivity index (χ0) is 95.5. The molecular formula is C60H67ClFN27O37P6S3. The number of nitrogens with zero attached hydrogens (tertiary/aromatic N) is 18. The van der Waals surface area contributed by atoms with Crippen LogP contribution in [0.3, 0.4) is 0 Å². The number of anilines is 3. The van der Waals surface area contributed by atoms with Gasteiger partial charge in [-0.3, -0.25) is 117 Å². The van der Waals surface area contributed by atoms with Crippen molar-refractivity contribution in [3.05, 3.63) is 125 Å². The van der Waals surface area contributed by atoms with Crippen LogP contribution in [0.15, 0.2) is 85.6 Å². The maximum atomic E-state index is 16.0. The number of halogens is 2. The van der Waals surface area contributed by atoms with Gasteiger partial charge < -0.3 is 100 Å². The van der Waals surface area contributed by atoms with E-state index >= 15 is 4.39 Å². The maximum Gasteiger partial charge on any atom is 0.472 e. The van der Waals surface area contributed by atoms with Crippen LogP contribution in [-0.2, 0) is 113 Å². The summed E-state index contributed by atoms with van der Waals surface area (Å²) >= 11 is 16.9. The molecule has 9 aliphatic rings. The first-order valence-corrected chi connectivity index (χ1v) is 51.4. The molecule has 12 aromatic heterocycles. The Kier molecular flexibility index (Phi) is 25.4. The molecule has 21 rings (SSSR count). The minimum absolute atomic E-state index is 0.00268. The lowest BCUT2D eigenvalue weighted by Crippen LogP contribution is -2.36. The van der Waals surface area contributed by atoms with Crippen LogP contribution in [0.2, 0.25) is 0 Å². The number of hydrogen-bond acceptors (Lipinski definition) is 49. The summed E-state index contributed by atoms with van der Waals surface area (Å²) in [5.41, 5.74) is 12.6. The molecule has 9 saturated heterocycles. The number of aromatic nitrogens is 24. The third kappa shape index (κ3) is 18.4. The first-order valence-electron chi connectivity index (χ1n) is 38.7. The number of phosphoric acid groups is 4. The van der Waals surface area contributed by atoms with E-state index in [9.17, 15) is 96.5 Å². The first kappa shape index (κ1) is 95.1. The second-order valence-electron chi connectivity index (χ2n) is 30.3. The van der Waals surface area contributed by atoms with Crippen molar-refractivity contribution in [2.75, 3.05) is 56.8 Å². The molecule has 0 saturated carbocycles. The Balaban J connectivity index is 0.000000130. The molecule has 6 bridgehead atoms. The van der Waals surface area contributed by atoms with Crippen molar-refractivity contribution in [1.82, 2.24) is 117 Å². The molecule has 75 heteroatoms. The van der Waals surface area contributed by atoms with Gasteiger partial charge in [-0.1, -0.05) is 12.2 Å². The van der Waals surface area contributed by atoms with Gasteiger partial charge in [-0.25, -0.2) is 71.9 Å². The summed E-state index contributed by atoms with van der Waals surface area (Å²) in [5, 5.41) is 45.1. The van der Waals surface area contributed by atoms with E-state index in [1.54, 1.807) is 0 Å². The molecule has 0 amide bonds. The van der Waals surface area contributed by atoms with Gasteiger partial charge in [-0.05, 0) is 11.8 Å². The summed E-state index contributed by atoms with van der Waals surface area (Å²) in [4.78, 5) is 185. The number of phosphoric ester groups is 4. The van der Waals surface area contributed by atoms with Crippen molar-refractivity contribution < 1.29 is 150 Å². The van der Waals surface area contributed by atoms with Gasteiger partial charge in [0.25, 0.3) is 27.8 Å². The van der Waals surface area contributed by atoms with E-state index in [-0.39, 0.29) is 84.9 Å². The highest BCUT2D eigenvalue weighted by molar-refractivity contribution is 8.44. The van der Waals surface area contributed by atoms with Crippen molar-refractivity contribution in [1.29, 1.82) is 0 Å². The number of nitrogens with two attached hydrogens (primary N) is 3. The number of fused-ring (bicyclic) bond motifs is 15. The number of H-pyrrole nitrogens is 6. The SMILES string of the molecule is Nc1nc2c(ncn2[C@@H]2O[C@@H]3COP(=O)(O)O[C@@H]4C(O)[C@H](c5cnn6c(=O)[nH]cnc56)O[C@@H]4COP(=O)(O)OC2[C@H]3O)c(=O)[nH]1.Nc1nc2c(ncn2[C@@H]2O[C@@H]3COP(=O)(O)O[C@H]4[C@H](Cl)[C@H](n5cnc6c(=O)[nH]cnc65)O[C@@H]4COP(=O)(O)O[C@@H]2[C@@H]3O)c(=O)[nH]1.Nc1nc2c(ncn2[C@@H]2S[C@@H]3COP(O)(=S)O[C@H]4[C@H](F)[C@H](n5cnc6c(=O)[nH]cnc65)O[C@@H]4COP(=O)(S)O[C@@H]2[C@@H]3O)c(=O)[nH]1. The van der Waals surface area contributed by atoms with Gasteiger partial charge in [0, 0.05) is 5.56 Å². The van der Waals surface area contributed by atoms with Crippen LogP contribution in [-0.4, -0.2) is 310 Å². The minimum atomic E-state index is -5.13. The molecular weight excluding hydrogens is 2030 g/mol. The Morgan fingerprint density at radius 2 is 0.837 bits per heavy atom. The zero-order valence-corrected chi connectivity index (χ0v) is 75.4. The standard InChI is InChI=1S/C20H22ClN9O13P2.C20H22FN9O10P2S3.C20H23N9O14P2/c21-8-12-7(41-18(8)29-4-25-9-14(29)23-3-24-16(9)32)2-39-45(36,37)43-13-11(31)6(1-38-44(34,35)42-12)40-19(13)30-5-26-10-15(30)27-20(22)28-17(10)33;21-8-12-6(38-18(8)29-4-25-9-14(29)23-3-24-16(9)32)1-36-41(34,43)40-13-11(31)7(2-37-42(35,44)39-12)45-19(13)30-5-26-10-15(30)27-20(22)28-17(10)33;21-19-26-16-9(17(32)27-19)24-5-28(16)18-14-10(30)7(41-18)2-38-44(34,35)42-13-8(3-39-45(36,37)43-14)40-12(11(13)31)6-1-25-29-15(6)22-4-23-20(29)33/h3-8,11-13,18-19,31H,1-2H2,(H,34,35)(H,36,37)(H,23,24,32)(H3,22,27,28,33);3-8,11-13,18-19,31H,1-2H2,(H,34,43)(H,35,44)(H,23,24,32)(H3,22,27,28,33);1,4-5,7-8,10-14,18,30-31H,2-3H2,(H,34,35)(H,36,37)(H,22,23,33)(H3,21,26,27,32)/t6-,7-,8+,11-,12-,13-,18-,19-;6-,7-,8+,11-,12-,13-,18-,19-,41?,42?;7-,8-,10+,11?,12+,13+,14?,18-/m111/s1. The Bertz CT molecular complexity index is 6690. The Hall–Kier alpha value is -8.82. The normalized spacial score (nSPS) is 37.7. The Morgan fingerprint density at radius 1 is 0.437 bits per heavy atom. The average molecular weight is 2090 g/mol. The Labute approximate surface area is 761 Å². The smallest absolute Gasteiger partial charge is 0.389 e. The molecule has 0 spiro atoms. The first-order chi connectivity index (χ1) is 63.9. The predicted octanol–water partition coefficient (Wildman–Crippen LogP) is -4.06. The summed E-state index contributed by atoms with van der Waals surface area (Å²) in [6.07, 6.45) is -22.3. The van der Waals surface area contributed by atoms with Gasteiger partial charge in [0.2, 0.25) is 17.8 Å². The van der Waals surface area contributed by atoms with Crippen molar-refractivity contribution >= 4 is 172 Å². The lowest BCUT2D eigenvalue weighted by molar-refractivity contribution is -0.0670. The van der Waals surface area contributed by atoms with Gasteiger partial charge in [-0.15, -0.1) is 23.4 Å². The zero-order valence-electron chi connectivity index (χ0n) is 66.7. The second kappa shape index (κ2) is 36.1. The number of thiol groups is 1. The van der Waals surface area contributed by atoms with Crippen molar-refractivity contribution in [2.45, 2.75) is 145 Å². The molecule has 9 fully saturated rings. The van der Waals surface area contributed by atoms with E-state index in [0.29, 0.717) is 0 Å². The van der Waals surface area contributed by atoms with Crippen LogP contribution in [0.4, 0.5) is 22.2 Å². The van der Waals surface area contributed by atoms with E-state index in [2.05, 4.69) is 102 Å². The number of rotatable bonds is 6. The number of nitrogens with one attached hydrogen (secondary N) is 6. The van der Waals surface area contributed by atoms with Crippen molar-refractivity contribution in [3.63, 3.8) is 0 Å². The summed E-state index contributed by atoms with van der Waals surface area (Å²) < 4.78 is 182. The van der Waals surface area contributed by atoms with Crippen LogP contribution in [0.25, 0.3) is 61.5 Å². The number of nitrogen functional groups attached to an aromatic ring is 3. The van der Waals surface area contributed by atoms with Crippen molar-refractivity contribution in [2.24, 2.45) is 0 Å². The molecule has 9 aliphatic heterocycles. The molecule has 21 N–H and O–H groups in total. The van der Waals surface area contributed by atoms with E-state index in [1.807, 2.05) is 0 Å². The second-order valence-corrected chi connectivity index (χ2v) is 43.4. The fourth-order valence-corrected chi connectivity index (χ4v) is 24.7. The molecule has 21 heterocycles. The fraction of sp³-hybridized carbons (Fsp3) is 0.500. The van der Waals surface area contributed by atoms with Crippen molar-refractivity contribution in [3.8, 4) is 0 Å². The summed E-state index contributed by atoms with van der Waals surface area (Å²) in [5.74, 6) is -0.768. The topological polar surface area (TPSA) is 883 Å². The maximum absolute atomic E-state index is 16.0. The van der Waals surface area contributed by atoms with Gasteiger partial charge in [0.05, 0.1) is 108 Å². The van der Waals surface area contributed by atoms with Gasteiger partial charge in [-0.2, -0.15) is 24.6 Å². The highest BCUT2D eigenvalue weighted by atomic mass is 35.5. The van der Waals surface area contributed by atoms with E-state index < -0.39 is 263 Å². The van der Waals surface area contributed by atoms with Crippen LogP contribution in [0, 0.1) is 0 Å². The number of imidazole rings is 5. The minimum Gasteiger partial charge on any atom is -0.389 e. The predicted molar refractivity (Wildman–Crippen MR) is 447 cm³/mol. The summed E-state index contributed by atoms with van der Waals surface area (Å²) in [6, 6.07) is 0. The molecule has 8 unspecified atom stereocenters. The van der Waals surface area contributed by atoms with Crippen LogP contribution in [0.1, 0.15) is 42.0 Å². The average Bonchev–Trinajstić information content (AvgIpc) is 1.63. The number of ether oxygens (including phenoxy) is 5. The lowest BCUT2D eigenvalue weighted by atomic mass is 10.0. The molecule has 30 atom stereocenters. The summed E-state index contributed by atoms with van der Waals surface area (Å²) in [6.45, 7) is -12.9. The van der Waals surface area contributed by atoms with E-state index in [1.165, 1.54) is 28.0 Å². The molecule has 12 aromatic rings. The third-order valence-corrected chi connectivity index (χ3v) is 31.0. The number of aliphatic hydroxyl groups excluding tert-OH is 4. The quantitative estimate of drug-likeness (QED) is 0.0428. The number of alkyl halides is 2. The molecule has 64 nitrogen and oxygen atoms in total. The van der Waals surface area contributed by atoms with Gasteiger partial charge in [0.15, 0.2) is 92.5 Å². The van der Waals surface area contributed by atoms with Crippen LogP contribution >= 0.6 is 80.4 Å². The van der Waals surface area contributed by atoms with Crippen LogP contribution < -0.4 is 50.7 Å². The van der Waals surface area contributed by atoms with E-state index in [0.717, 1.165) is 67.9 Å². The number of hydrogen-bond donors (Lipinski definition) is 19.